The average molecular weight is 201 g/mol. The van der Waals surface area contributed by atoms with Crippen LogP contribution in [0.5, 0.6) is 0 Å². The van der Waals surface area contributed by atoms with E-state index in [1.165, 1.54) is 0 Å². The van der Waals surface area contributed by atoms with Crippen LogP contribution in [0.2, 0.25) is 0 Å². The predicted molar refractivity (Wildman–Crippen MR) is 58.4 cm³/mol. The highest BCUT2D eigenvalue weighted by Gasteiger charge is 1.99. The van der Waals surface area contributed by atoms with Crippen molar-refractivity contribution in [3.05, 3.63) is 40.3 Å². The first-order valence-electron chi connectivity index (χ1n) is 4.50. The molecule has 0 heterocycles. The second-order valence-corrected chi connectivity index (χ2v) is 3.03. The Bertz CT molecular complexity index is 397. The number of azide groups is 1. The van der Waals surface area contributed by atoms with Gasteiger partial charge in [0, 0.05) is 30.7 Å². The van der Waals surface area contributed by atoms with Crippen molar-refractivity contribution in [2.75, 3.05) is 25.0 Å². The molecule has 5 nitrogen and oxygen atoms in total. The van der Waals surface area contributed by atoms with Crippen LogP contribution >= 0.6 is 0 Å². The molecule has 0 radical (unpaired) electrons. The van der Waals surface area contributed by atoms with Gasteiger partial charge in [0.2, 0.25) is 0 Å². The summed E-state index contributed by atoms with van der Waals surface area (Å²) in [6, 6.07) is 9.33. The van der Waals surface area contributed by atoms with Gasteiger partial charge >= 0.3 is 0 Å². The molecule has 0 aromatic heterocycles. The van der Waals surface area contributed by atoms with Gasteiger partial charge in [0.15, 0.2) is 0 Å². The summed E-state index contributed by atoms with van der Waals surface area (Å²) in [4.78, 5) is 4.65. The van der Waals surface area contributed by atoms with E-state index in [1.807, 2.05) is 24.1 Å². The molecule has 0 aliphatic carbocycles. The molecule has 0 unspecified atom stereocenters. The lowest BCUT2D eigenvalue weighted by Gasteiger charge is -2.17. The summed E-state index contributed by atoms with van der Waals surface area (Å²) in [6.07, 6.45) is 0. The molecular weight excluding hydrogens is 190 g/mol. The normalized spacial score (nSPS) is 8.80. The molecule has 0 N–H and O–H groups in total. The summed E-state index contributed by atoms with van der Waals surface area (Å²) in [5, 5.41) is 12.1. The molecule has 0 amide bonds. The van der Waals surface area contributed by atoms with Crippen LogP contribution in [0.4, 0.5) is 5.69 Å². The van der Waals surface area contributed by atoms with Crippen molar-refractivity contribution < 1.29 is 0 Å². The summed E-state index contributed by atoms with van der Waals surface area (Å²) in [6.45, 7) is 1.10. The monoisotopic (exact) mass is 201 g/mol. The van der Waals surface area contributed by atoms with Crippen molar-refractivity contribution in [2.24, 2.45) is 5.11 Å². The topological polar surface area (TPSA) is 75.8 Å². The quantitative estimate of drug-likeness (QED) is 0.425. The fraction of sp³-hybridized carbons (Fsp3) is 0.300. The Morgan fingerprint density at radius 1 is 1.47 bits per heavy atom. The number of rotatable bonds is 4. The van der Waals surface area contributed by atoms with Crippen molar-refractivity contribution in [1.82, 2.24) is 0 Å². The summed E-state index contributed by atoms with van der Waals surface area (Å²) in [5.41, 5.74) is 9.76. The molecule has 0 saturated heterocycles. The SMILES string of the molecule is CN(CCN=[N+]=[N-])c1ccc(C#N)cc1. The minimum absolute atomic E-state index is 0.438. The zero-order valence-corrected chi connectivity index (χ0v) is 8.46. The maximum Gasteiger partial charge on any atom is 0.0991 e. The molecule has 15 heavy (non-hydrogen) atoms. The van der Waals surface area contributed by atoms with Crippen LogP contribution in [0.3, 0.4) is 0 Å². The van der Waals surface area contributed by atoms with Crippen molar-refractivity contribution in [2.45, 2.75) is 0 Å². The molecule has 0 aliphatic rings. The van der Waals surface area contributed by atoms with Crippen molar-refractivity contribution in [3.63, 3.8) is 0 Å². The highest BCUT2D eigenvalue weighted by molar-refractivity contribution is 5.48. The Balaban J connectivity index is 2.62. The summed E-state index contributed by atoms with van der Waals surface area (Å²) in [5.74, 6) is 0. The van der Waals surface area contributed by atoms with E-state index in [0.717, 1.165) is 5.69 Å². The number of hydrogen-bond donors (Lipinski definition) is 0. The maximum absolute atomic E-state index is 8.62. The van der Waals surface area contributed by atoms with Crippen molar-refractivity contribution in [1.29, 1.82) is 5.26 Å². The van der Waals surface area contributed by atoms with Crippen molar-refractivity contribution >= 4 is 5.69 Å². The van der Waals surface area contributed by atoms with E-state index in [1.54, 1.807) is 12.1 Å². The van der Waals surface area contributed by atoms with Gasteiger partial charge in [-0.05, 0) is 29.8 Å². The van der Waals surface area contributed by atoms with Gasteiger partial charge in [-0.3, -0.25) is 0 Å². The summed E-state index contributed by atoms with van der Waals surface area (Å²) < 4.78 is 0. The zero-order valence-electron chi connectivity index (χ0n) is 8.46. The molecule has 0 bridgehead atoms. The number of nitrogens with zero attached hydrogens (tertiary/aromatic N) is 5. The standard InChI is InChI=1S/C10H11N5/c1-15(7-6-13-14-12)10-4-2-9(8-11)3-5-10/h2-5H,6-7H2,1H3. The van der Waals surface area contributed by atoms with Gasteiger partial charge in [0.25, 0.3) is 0 Å². The van der Waals surface area contributed by atoms with E-state index in [4.69, 9.17) is 10.8 Å². The van der Waals surface area contributed by atoms with Crippen LogP contribution < -0.4 is 4.90 Å². The minimum Gasteiger partial charge on any atom is -0.374 e. The van der Waals surface area contributed by atoms with Gasteiger partial charge in [-0.25, -0.2) is 0 Å². The number of hydrogen-bond acceptors (Lipinski definition) is 3. The number of nitriles is 1. The third kappa shape index (κ3) is 3.22. The van der Waals surface area contributed by atoms with E-state index in [2.05, 4.69) is 16.1 Å². The Morgan fingerprint density at radius 3 is 2.67 bits per heavy atom. The van der Waals surface area contributed by atoms with E-state index >= 15 is 0 Å². The summed E-state index contributed by atoms with van der Waals surface area (Å²) in [7, 11) is 1.91. The third-order valence-corrected chi connectivity index (χ3v) is 2.04. The van der Waals surface area contributed by atoms with E-state index in [-0.39, 0.29) is 0 Å². The molecule has 0 saturated carbocycles. The Morgan fingerprint density at radius 2 is 2.13 bits per heavy atom. The lowest BCUT2D eigenvalue weighted by atomic mass is 10.2. The predicted octanol–water partition coefficient (Wildman–Crippen LogP) is 2.30. The molecule has 0 fully saturated rings. The number of benzene rings is 1. The lowest BCUT2D eigenvalue weighted by Crippen LogP contribution is -2.20. The van der Waals surface area contributed by atoms with Gasteiger partial charge in [0.05, 0.1) is 11.6 Å². The molecule has 1 aromatic rings. The van der Waals surface area contributed by atoms with Crippen molar-refractivity contribution in [3.8, 4) is 6.07 Å². The van der Waals surface area contributed by atoms with Crippen LogP contribution in [0, 0.1) is 11.3 Å². The second kappa shape index (κ2) is 5.53. The fourth-order valence-electron chi connectivity index (χ4n) is 1.16. The first-order chi connectivity index (χ1) is 7.27. The lowest BCUT2D eigenvalue weighted by molar-refractivity contribution is 0.879. The van der Waals surface area contributed by atoms with E-state index in [0.29, 0.717) is 18.7 Å². The van der Waals surface area contributed by atoms with Crippen LogP contribution in [0.15, 0.2) is 29.4 Å². The Labute approximate surface area is 88.2 Å². The highest BCUT2D eigenvalue weighted by atomic mass is 15.2. The molecule has 1 aromatic carbocycles. The average Bonchev–Trinajstić information content (AvgIpc) is 2.29. The Kier molecular flexibility index (Phi) is 4.02. The molecule has 5 heteroatoms. The smallest absolute Gasteiger partial charge is 0.0991 e. The van der Waals surface area contributed by atoms with Crippen LogP contribution in [0.1, 0.15) is 5.56 Å². The van der Waals surface area contributed by atoms with E-state index in [9.17, 15) is 0 Å². The first kappa shape index (κ1) is 10.9. The van der Waals surface area contributed by atoms with Crippen LogP contribution in [0.25, 0.3) is 10.4 Å². The third-order valence-electron chi connectivity index (χ3n) is 2.04. The van der Waals surface area contributed by atoms with Gasteiger partial charge < -0.3 is 4.90 Å². The van der Waals surface area contributed by atoms with Gasteiger partial charge in [-0.1, -0.05) is 5.11 Å². The van der Waals surface area contributed by atoms with Gasteiger partial charge in [-0.2, -0.15) is 5.26 Å². The molecule has 1 rings (SSSR count). The molecular formula is C10H11N5. The first-order valence-corrected chi connectivity index (χ1v) is 4.50. The molecule has 0 aliphatic heterocycles. The fourth-order valence-corrected chi connectivity index (χ4v) is 1.16. The number of anilines is 1. The maximum atomic E-state index is 8.62. The molecule has 0 atom stereocenters. The summed E-state index contributed by atoms with van der Waals surface area (Å²) >= 11 is 0. The van der Waals surface area contributed by atoms with Crippen LogP contribution in [-0.4, -0.2) is 20.1 Å². The second-order valence-electron chi connectivity index (χ2n) is 3.03. The zero-order chi connectivity index (χ0) is 11.1. The minimum atomic E-state index is 0.438. The highest BCUT2D eigenvalue weighted by Crippen LogP contribution is 2.12. The van der Waals surface area contributed by atoms with Gasteiger partial charge in [-0.15, -0.1) is 0 Å². The number of likely N-dealkylation sites (N-methyl/N-ethyl adjacent to an activating group) is 1. The Hall–Kier alpha value is -2.18. The largest absolute Gasteiger partial charge is 0.374 e. The van der Waals surface area contributed by atoms with E-state index < -0.39 is 0 Å². The molecule has 0 spiro atoms. The molecule has 76 valence electrons. The van der Waals surface area contributed by atoms with Crippen LogP contribution in [-0.2, 0) is 0 Å². The van der Waals surface area contributed by atoms with Gasteiger partial charge in [0.1, 0.15) is 0 Å².